The lowest BCUT2D eigenvalue weighted by atomic mass is 9.98. The average molecular weight is 474 g/mol. The molecule has 4 aromatic rings. The molecule has 3 aromatic carbocycles. The van der Waals surface area contributed by atoms with Gasteiger partial charge in [-0.3, -0.25) is 10.1 Å². The van der Waals surface area contributed by atoms with Crippen LogP contribution in [0.2, 0.25) is 0 Å². The largest absolute Gasteiger partial charge is 0.484 e. The Morgan fingerprint density at radius 3 is 2.74 bits per heavy atom. The number of benzene rings is 3. The molecule has 0 saturated carbocycles. The molecule has 1 amide bonds. The molecule has 0 radical (unpaired) electrons. The molecule has 174 valence electrons. The minimum Gasteiger partial charge on any atom is -0.484 e. The number of rotatable bonds is 7. The maximum Gasteiger partial charge on any atom is 0.264 e. The van der Waals surface area contributed by atoms with Gasteiger partial charge in [0.15, 0.2) is 17.3 Å². The van der Waals surface area contributed by atoms with Crippen LogP contribution in [0.25, 0.3) is 22.6 Å². The summed E-state index contributed by atoms with van der Waals surface area (Å²) in [5.74, 6) is 1.29. The van der Waals surface area contributed by atoms with E-state index in [0.717, 1.165) is 28.6 Å². The van der Waals surface area contributed by atoms with E-state index in [2.05, 4.69) is 41.6 Å². The smallest absolute Gasteiger partial charge is 0.264 e. The number of fused-ring (bicyclic) bond motifs is 1. The van der Waals surface area contributed by atoms with E-state index in [1.54, 1.807) is 6.07 Å². The minimum atomic E-state index is -0.341. The third kappa shape index (κ3) is 5.80. The number of thiocarbonyl (C=S) groups is 1. The summed E-state index contributed by atoms with van der Waals surface area (Å²) in [4.78, 5) is 16.9. The fourth-order valence-electron chi connectivity index (χ4n) is 3.52. The molecule has 0 bridgehead atoms. The Morgan fingerprint density at radius 2 is 1.94 bits per heavy atom. The van der Waals surface area contributed by atoms with Gasteiger partial charge in [0.1, 0.15) is 11.3 Å². The average Bonchev–Trinajstić information content (AvgIpc) is 3.26. The summed E-state index contributed by atoms with van der Waals surface area (Å²) >= 11 is 5.29. The van der Waals surface area contributed by atoms with Gasteiger partial charge in [0.05, 0.1) is 0 Å². The molecule has 0 aliphatic rings. The molecule has 0 aliphatic heterocycles. The Labute approximate surface area is 204 Å². The summed E-state index contributed by atoms with van der Waals surface area (Å²) in [7, 11) is 0. The Balaban J connectivity index is 1.39. The number of aryl methyl sites for hydroxylation is 1. The van der Waals surface area contributed by atoms with Gasteiger partial charge in [0, 0.05) is 11.3 Å². The molecule has 0 spiro atoms. The lowest BCUT2D eigenvalue weighted by Gasteiger charge is -2.11. The van der Waals surface area contributed by atoms with Gasteiger partial charge in [0.25, 0.3) is 5.91 Å². The lowest BCUT2D eigenvalue weighted by Crippen LogP contribution is -2.37. The van der Waals surface area contributed by atoms with Crippen LogP contribution in [-0.2, 0) is 4.79 Å². The Morgan fingerprint density at radius 1 is 1.12 bits per heavy atom. The summed E-state index contributed by atoms with van der Waals surface area (Å²) in [6.45, 7) is 6.21. The highest BCUT2D eigenvalue weighted by Crippen LogP contribution is 2.29. The van der Waals surface area contributed by atoms with Gasteiger partial charge >= 0.3 is 0 Å². The van der Waals surface area contributed by atoms with E-state index >= 15 is 0 Å². The van der Waals surface area contributed by atoms with Gasteiger partial charge in [-0.25, -0.2) is 4.98 Å². The SMILES string of the molecule is CC[C@@H](C)c1ccc2oc(-c3cccc(NC(=S)NC(=O)COc4cccc(C)c4)c3)nc2c1. The van der Waals surface area contributed by atoms with E-state index in [0.29, 0.717) is 23.2 Å². The molecule has 4 rings (SSSR count). The quantitative estimate of drug-likeness (QED) is 0.311. The second kappa shape index (κ2) is 10.5. The van der Waals surface area contributed by atoms with E-state index in [1.807, 2.05) is 55.5 Å². The van der Waals surface area contributed by atoms with Gasteiger partial charge in [0.2, 0.25) is 5.89 Å². The predicted molar refractivity (Wildman–Crippen MR) is 139 cm³/mol. The number of anilines is 1. The maximum atomic E-state index is 12.2. The van der Waals surface area contributed by atoms with Crippen LogP contribution in [0.1, 0.15) is 37.3 Å². The number of ether oxygens (including phenoxy) is 1. The third-order valence-electron chi connectivity index (χ3n) is 5.57. The molecule has 1 heterocycles. The molecule has 1 aromatic heterocycles. The highest BCUT2D eigenvalue weighted by atomic mass is 32.1. The molecular weight excluding hydrogens is 446 g/mol. The number of amides is 1. The first-order valence-electron chi connectivity index (χ1n) is 11.2. The van der Waals surface area contributed by atoms with Crippen molar-refractivity contribution in [2.24, 2.45) is 0 Å². The molecule has 6 nitrogen and oxygen atoms in total. The summed E-state index contributed by atoms with van der Waals surface area (Å²) in [5.41, 5.74) is 5.41. The molecule has 2 N–H and O–H groups in total. The summed E-state index contributed by atoms with van der Waals surface area (Å²) in [6.07, 6.45) is 1.07. The molecule has 7 heteroatoms. The van der Waals surface area contributed by atoms with E-state index < -0.39 is 0 Å². The van der Waals surface area contributed by atoms with Crippen LogP contribution in [0.5, 0.6) is 5.75 Å². The fourth-order valence-corrected chi connectivity index (χ4v) is 3.75. The zero-order valence-electron chi connectivity index (χ0n) is 19.4. The number of hydrogen-bond acceptors (Lipinski definition) is 5. The van der Waals surface area contributed by atoms with Crippen molar-refractivity contribution < 1.29 is 13.9 Å². The number of hydrogen-bond donors (Lipinski definition) is 2. The second-order valence-corrected chi connectivity index (χ2v) is 8.65. The van der Waals surface area contributed by atoms with Crippen molar-refractivity contribution in [2.45, 2.75) is 33.1 Å². The van der Waals surface area contributed by atoms with Crippen molar-refractivity contribution in [3.8, 4) is 17.2 Å². The Kier molecular flexibility index (Phi) is 7.23. The van der Waals surface area contributed by atoms with Crippen LogP contribution in [0.4, 0.5) is 5.69 Å². The number of oxazole rings is 1. The number of aromatic nitrogens is 1. The monoisotopic (exact) mass is 473 g/mol. The highest BCUT2D eigenvalue weighted by Gasteiger charge is 2.12. The van der Waals surface area contributed by atoms with E-state index in [4.69, 9.17) is 21.4 Å². The molecule has 34 heavy (non-hydrogen) atoms. The minimum absolute atomic E-state index is 0.132. The highest BCUT2D eigenvalue weighted by molar-refractivity contribution is 7.80. The van der Waals surface area contributed by atoms with E-state index in [1.165, 1.54) is 5.56 Å². The zero-order valence-corrected chi connectivity index (χ0v) is 20.2. The third-order valence-corrected chi connectivity index (χ3v) is 5.78. The van der Waals surface area contributed by atoms with Crippen LogP contribution >= 0.6 is 12.2 Å². The summed E-state index contributed by atoms with van der Waals surface area (Å²) in [5, 5.41) is 5.85. The number of nitrogens with one attached hydrogen (secondary N) is 2. The zero-order chi connectivity index (χ0) is 24.1. The summed E-state index contributed by atoms with van der Waals surface area (Å²) < 4.78 is 11.5. The Bertz CT molecular complexity index is 1330. The topological polar surface area (TPSA) is 76.4 Å². The van der Waals surface area contributed by atoms with Crippen LogP contribution in [0.3, 0.4) is 0 Å². The van der Waals surface area contributed by atoms with Crippen molar-refractivity contribution in [3.05, 3.63) is 77.9 Å². The van der Waals surface area contributed by atoms with Crippen LogP contribution in [-0.4, -0.2) is 22.6 Å². The van der Waals surface area contributed by atoms with Crippen molar-refractivity contribution >= 4 is 40.0 Å². The van der Waals surface area contributed by atoms with Crippen LogP contribution in [0.15, 0.2) is 71.1 Å². The van der Waals surface area contributed by atoms with Gasteiger partial charge in [-0.05, 0) is 85.1 Å². The van der Waals surface area contributed by atoms with E-state index in [9.17, 15) is 4.79 Å². The van der Waals surface area contributed by atoms with Gasteiger partial charge in [-0.2, -0.15) is 0 Å². The first-order chi connectivity index (χ1) is 16.4. The van der Waals surface area contributed by atoms with E-state index in [-0.39, 0.29) is 17.6 Å². The first-order valence-corrected chi connectivity index (χ1v) is 11.6. The predicted octanol–water partition coefficient (Wildman–Crippen LogP) is 6.21. The number of nitrogens with zero attached hydrogens (tertiary/aromatic N) is 1. The Hall–Kier alpha value is -3.71. The maximum absolute atomic E-state index is 12.2. The summed E-state index contributed by atoms with van der Waals surface area (Å²) in [6, 6.07) is 21.2. The van der Waals surface area contributed by atoms with Gasteiger partial charge < -0.3 is 14.5 Å². The lowest BCUT2D eigenvalue weighted by molar-refractivity contribution is -0.121. The van der Waals surface area contributed by atoms with Crippen molar-refractivity contribution in [3.63, 3.8) is 0 Å². The number of carbonyl (C=O) groups is 1. The van der Waals surface area contributed by atoms with Crippen molar-refractivity contribution in [1.29, 1.82) is 0 Å². The molecule has 0 unspecified atom stereocenters. The molecular formula is C27H27N3O3S. The molecule has 0 saturated heterocycles. The first kappa shape index (κ1) is 23.4. The molecule has 0 fully saturated rings. The van der Waals surface area contributed by atoms with Crippen molar-refractivity contribution in [2.75, 3.05) is 11.9 Å². The molecule has 0 aliphatic carbocycles. The molecule has 1 atom stereocenters. The van der Waals surface area contributed by atoms with Gasteiger partial charge in [-0.1, -0.05) is 38.1 Å². The number of carbonyl (C=O) groups excluding carboxylic acids is 1. The normalized spacial score (nSPS) is 11.7. The fraction of sp³-hybridized carbons (Fsp3) is 0.222. The van der Waals surface area contributed by atoms with Crippen molar-refractivity contribution in [1.82, 2.24) is 10.3 Å². The second-order valence-electron chi connectivity index (χ2n) is 8.24. The van der Waals surface area contributed by atoms with Gasteiger partial charge in [-0.15, -0.1) is 0 Å². The van der Waals surface area contributed by atoms with Crippen LogP contribution < -0.4 is 15.4 Å². The standard InChI is InChI=1S/C27H27N3O3S/c1-4-18(3)19-11-12-24-23(15-19)29-26(33-24)20-8-6-9-21(14-20)28-27(34)30-25(31)16-32-22-10-5-7-17(2)13-22/h5-15,18H,4,16H2,1-3H3,(H2,28,30,31,34)/t18-/m1/s1. The van der Waals surface area contributed by atoms with Crippen LogP contribution in [0, 0.1) is 6.92 Å².